The van der Waals surface area contributed by atoms with E-state index in [0.29, 0.717) is 12.2 Å². The zero-order chi connectivity index (χ0) is 18.0. The molecule has 0 N–H and O–H groups in total. The van der Waals surface area contributed by atoms with Crippen molar-refractivity contribution in [2.75, 3.05) is 24.7 Å². The van der Waals surface area contributed by atoms with E-state index in [9.17, 15) is 0 Å². The number of rotatable bonds is 9. The average Bonchev–Trinajstić information content (AvgIpc) is 3.55. The molecule has 2 aliphatic rings. The van der Waals surface area contributed by atoms with Gasteiger partial charge in [-0.15, -0.1) is 23.5 Å². The van der Waals surface area contributed by atoms with Gasteiger partial charge < -0.3 is 9.47 Å². The SMILES string of the molecule is CC(C)(c1ccc(SCCC2CO2)cc1)c1ccc(SCC2CO2)cc1. The molecule has 0 aromatic heterocycles. The summed E-state index contributed by atoms with van der Waals surface area (Å²) in [6.07, 6.45) is 2.16. The molecule has 4 rings (SSSR count). The van der Waals surface area contributed by atoms with Gasteiger partial charge in [-0.3, -0.25) is 0 Å². The van der Waals surface area contributed by atoms with Crippen molar-refractivity contribution in [3.05, 3.63) is 59.7 Å². The van der Waals surface area contributed by atoms with Crippen LogP contribution in [0.2, 0.25) is 0 Å². The van der Waals surface area contributed by atoms with Gasteiger partial charge in [0.05, 0.1) is 25.4 Å². The zero-order valence-corrected chi connectivity index (χ0v) is 17.1. The van der Waals surface area contributed by atoms with Crippen molar-refractivity contribution >= 4 is 23.5 Å². The van der Waals surface area contributed by atoms with Crippen molar-refractivity contribution < 1.29 is 9.47 Å². The normalized spacial score (nSPS) is 21.6. The quantitative estimate of drug-likeness (QED) is 0.426. The summed E-state index contributed by atoms with van der Waals surface area (Å²) in [5, 5.41) is 0. The molecule has 2 saturated heterocycles. The Morgan fingerprint density at radius 3 is 1.81 bits per heavy atom. The van der Waals surface area contributed by atoms with Crippen molar-refractivity contribution in [2.45, 2.75) is 47.7 Å². The molecule has 2 atom stereocenters. The molecule has 2 aromatic rings. The first-order valence-corrected chi connectivity index (χ1v) is 11.3. The fraction of sp³-hybridized carbons (Fsp3) is 0.455. The Morgan fingerprint density at radius 1 is 0.808 bits per heavy atom. The van der Waals surface area contributed by atoms with Crippen molar-refractivity contribution in [2.24, 2.45) is 0 Å². The molecule has 0 radical (unpaired) electrons. The first kappa shape index (κ1) is 18.4. The molecule has 2 heterocycles. The van der Waals surface area contributed by atoms with Gasteiger partial charge in [-0.05, 0) is 41.8 Å². The van der Waals surface area contributed by atoms with Gasteiger partial charge in [0.25, 0.3) is 0 Å². The van der Waals surface area contributed by atoms with Crippen LogP contribution in [0.15, 0.2) is 58.3 Å². The Hall–Kier alpha value is -0.940. The van der Waals surface area contributed by atoms with E-state index in [0.717, 1.165) is 31.1 Å². The van der Waals surface area contributed by atoms with Crippen LogP contribution in [0.1, 0.15) is 31.4 Å². The smallest absolute Gasteiger partial charge is 0.0903 e. The third kappa shape index (κ3) is 4.86. The van der Waals surface area contributed by atoms with Gasteiger partial charge in [0, 0.05) is 26.7 Å². The van der Waals surface area contributed by atoms with E-state index in [2.05, 4.69) is 62.4 Å². The summed E-state index contributed by atoms with van der Waals surface area (Å²) in [6, 6.07) is 18.1. The summed E-state index contributed by atoms with van der Waals surface area (Å²) in [5.74, 6) is 2.20. The van der Waals surface area contributed by atoms with E-state index in [1.54, 1.807) is 0 Å². The number of benzene rings is 2. The molecule has 0 aliphatic carbocycles. The van der Waals surface area contributed by atoms with Gasteiger partial charge in [0.2, 0.25) is 0 Å². The highest BCUT2D eigenvalue weighted by Crippen LogP contribution is 2.34. The Bertz CT molecular complexity index is 717. The molecule has 2 fully saturated rings. The van der Waals surface area contributed by atoms with E-state index in [1.165, 1.54) is 20.9 Å². The third-order valence-corrected chi connectivity index (χ3v) is 7.29. The first-order chi connectivity index (χ1) is 12.6. The highest BCUT2D eigenvalue weighted by Gasteiger charge is 2.25. The molecule has 4 heteroatoms. The Balaban J connectivity index is 1.37. The van der Waals surface area contributed by atoms with Crippen LogP contribution in [-0.4, -0.2) is 36.9 Å². The lowest BCUT2D eigenvalue weighted by molar-refractivity contribution is 0.404. The highest BCUT2D eigenvalue weighted by molar-refractivity contribution is 7.99. The molecular weight excluding hydrogens is 360 g/mol. The summed E-state index contributed by atoms with van der Waals surface area (Å²) in [6.45, 7) is 6.50. The van der Waals surface area contributed by atoms with Crippen LogP contribution in [0.4, 0.5) is 0 Å². The number of epoxide rings is 2. The monoisotopic (exact) mass is 386 g/mol. The minimum atomic E-state index is 0.00779. The van der Waals surface area contributed by atoms with Crippen LogP contribution in [0, 0.1) is 0 Å². The van der Waals surface area contributed by atoms with E-state index in [4.69, 9.17) is 9.47 Å². The minimum Gasteiger partial charge on any atom is -0.373 e. The average molecular weight is 387 g/mol. The minimum absolute atomic E-state index is 0.00779. The van der Waals surface area contributed by atoms with Crippen LogP contribution in [0.5, 0.6) is 0 Å². The van der Waals surface area contributed by atoms with Gasteiger partial charge in [-0.1, -0.05) is 38.1 Å². The molecule has 0 spiro atoms. The number of hydrogen-bond donors (Lipinski definition) is 0. The molecule has 2 unspecified atom stereocenters. The second kappa shape index (κ2) is 7.97. The largest absolute Gasteiger partial charge is 0.373 e. The van der Waals surface area contributed by atoms with E-state index in [1.807, 2.05) is 23.5 Å². The Labute approximate surface area is 165 Å². The Kier molecular flexibility index (Phi) is 5.65. The number of thioether (sulfide) groups is 2. The van der Waals surface area contributed by atoms with Crippen LogP contribution in [0.25, 0.3) is 0 Å². The van der Waals surface area contributed by atoms with Crippen molar-refractivity contribution in [3.8, 4) is 0 Å². The Morgan fingerprint density at radius 2 is 1.31 bits per heavy atom. The number of hydrogen-bond acceptors (Lipinski definition) is 4. The maximum absolute atomic E-state index is 5.29. The summed E-state index contributed by atoms with van der Waals surface area (Å²) in [4.78, 5) is 2.67. The molecule has 0 saturated carbocycles. The van der Waals surface area contributed by atoms with E-state index in [-0.39, 0.29) is 5.41 Å². The topological polar surface area (TPSA) is 25.1 Å². The molecule has 138 valence electrons. The molecule has 26 heavy (non-hydrogen) atoms. The lowest BCUT2D eigenvalue weighted by Crippen LogP contribution is -2.18. The van der Waals surface area contributed by atoms with Crippen molar-refractivity contribution in [1.82, 2.24) is 0 Å². The summed E-state index contributed by atoms with van der Waals surface area (Å²) >= 11 is 3.81. The van der Waals surface area contributed by atoms with Crippen LogP contribution in [-0.2, 0) is 14.9 Å². The second-order valence-corrected chi connectivity index (χ2v) is 9.79. The van der Waals surface area contributed by atoms with Crippen LogP contribution in [0.3, 0.4) is 0 Å². The molecule has 2 aromatic carbocycles. The standard InChI is InChI=1S/C22H26O2S2/c1-22(2,17-5-9-21(10-6-17)26-15-19-14-24-19)16-3-7-20(8-4-16)25-12-11-18-13-23-18/h3-10,18-19H,11-15H2,1-2H3. The lowest BCUT2D eigenvalue weighted by Gasteiger charge is -2.26. The molecular formula is C22H26O2S2. The number of ether oxygens (including phenoxy) is 2. The van der Waals surface area contributed by atoms with Crippen LogP contribution < -0.4 is 0 Å². The van der Waals surface area contributed by atoms with Gasteiger partial charge in [-0.25, -0.2) is 0 Å². The first-order valence-electron chi connectivity index (χ1n) is 9.31. The highest BCUT2D eigenvalue weighted by atomic mass is 32.2. The van der Waals surface area contributed by atoms with Gasteiger partial charge in [-0.2, -0.15) is 0 Å². The van der Waals surface area contributed by atoms with Gasteiger partial charge >= 0.3 is 0 Å². The fourth-order valence-electron chi connectivity index (χ4n) is 3.00. The third-order valence-electron chi connectivity index (χ3n) is 5.10. The summed E-state index contributed by atoms with van der Waals surface area (Å²) in [7, 11) is 0. The van der Waals surface area contributed by atoms with Gasteiger partial charge in [0.1, 0.15) is 0 Å². The van der Waals surface area contributed by atoms with Crippen LogP contribution >= 0.6 is 23.5 Å². The summed E-state index contributed by atoms with van der Waals surface area (Å²) in [5.41, 5.74) is 2.73. The maximum Gasteiger partial charge on any atom is 0.0903 e. The molecule has 0 bridgehead atoms. The van der Waals surface area contributed by atoms with Crippen molar-refractivity contribution in [1.29, 1.82) is 0 Å². The molecule has 2 nitrogen and oxygen atoms in total. The fourth-order valence-corrected chi connectivity index (χ4v) is 4.84. The predicted octanol–water partition coefficient (Wildman–Crippen LogP) is 5.38. The maximum atomic E-state index is 5.29. The second-order valence-electron chi connectivity index (χ2n) is 7.53. The summed E-state index contributed by atoms with van der Waals surface area (Å²) < 4.78 is 10.6. The predicted molar refractivity (Wildman–Crippen MR) is 111 cm³/mol. The van der Waals surface area contributed by atoms with Crippen molar-refractivity contribution in [3.63, 3.8) is 0 Å². The van der Waals surface area contributed by atoms with E-state index >= 15 is 0 Å². The lowest BCUT2D eigenvalue weighted by atomic mass is 9.78. The van der Waals surface area contributed by atoms with Gasteiger partial charge in [0.15, 0.2) is 0 Å². The molecule has 2 aliphatic heterocycles. The van der Waals surface area contributed by atoms with E-state index < -0.39 is 0 Å². The molecule has 0 amide bonds. The zero-order valence-electron chi connectivity index (χ0n) is 15.4.